The Hall–Kier alpha value is -2.61. The third-order valence-electron chi connectivity index (χ3n) is 3.26. The molecule has 0 saturated carbocycles. The van der Waals surface area contributed by atoms with Crippen molar-refractivity contribution in [3.63, 3.8) is 0 Å². The van der Waals surface area contributed by atoms with E-state index >= 15 is 0 Å². The molecule has 0 saturated heterocycles. The largest absolute Gasteiger partial charge is 0.394 e. The van der Waals surface area contributed by atoms with Gasteiger partial charge in [-0.25, -0.2) is 13.2 Å². The second kappa shape index (κ2) is 6.66. The fourth-order valence-electron chi connectivity index (χ4n) is 1.94. The van der Waals surface area contributed by atoms with Crippen molar-refractivity contribution in [2.75, 3.05) is 6.61 Å². The van der Waals surface area contributed by atoms with Gasteiger partial charge in [-0.05, 0) is 23.8 Å². The summed E-state index contributed by atoms with van der Waals surface area (Å²) in [5.41, 5.74) is -0.534. The van der Waals surface area contributed by atoms with Crippen LogP contribution in [-0.4, -0.2) is 22.2 Å². The summed E-state index contributed by atoms with van der Waals surface area (Å²) in [5, 5.41) is 11.6. The number of nitrogens with zero attached hydrogens (tertiary/aromatic N) is 1. The summed E-state index contributed by atoms with van der Waals surface area (Å²) >= 11 is 0. The highest BCUT2D eigenvalue weighted by atomic mass is 19.2. The molecule has 0 spiro atoms. The smallest absolute Gasteiger partial charge is 0.252 e. The minimum Gasteiger partial charge on any atom is -0.394 e. The minimum absolute atomic E-state index is 0.0228. The van der Waals surface area contributed by atoms with Gasteiger partial charge in [-0.2, -0.15) is 0 Å². The minimum atomic E-state index is -1.64. The molecule has 1 aromatic carbocycles. The molecule has 5 nitrogen and oxygen atoms in total. The Bertz CT molecular complexity index is 782. The van der Waals surface area contributed by atoms with E-state index < -0.39 is 41.6 Å². The highest BCUT2D eigenvalue weighted by Gasteiger charge is 2.19. The van der Waals surface area contributed by atoms with Gasteiger partial charge in [0.05, 0.1) is 12.6 Å². The molecule has 1 amide bonds. The number of carbonyl (C=O) groups is 1. The van der Waals surface area contributed by atoms with Crippen LogP contribution in [0.5, 0.6) is 0 Å². The van der Waals surface area contributed by atoms with Crippen molar-refractivity contribution in [2.24, 2.45) is 7.05 Å². The lowest BCUT2D eigenvalue weighted by Crippen LogP contribution is -2.32. The molecule has 0 fully saturated rings. The van der Waals surface area contributed by atoms with Crippen LogP contribution in [0.2, 0.25) is 0 Å². The molecule has 2 aromatic rings. The maximum Gasteiger partial charge on any atom is 0.252 e. The van der Waals surface area contributed by atoms with E-state index in [1.54, 1.807) is 0 Å². The maximum atomic E-state index is 13.2. The number of aromatic nitrogens is 1. The molecule has 122 valence electrons. The summed E-state index contributed by atoms with van der Waals surface area (Å²) in [5.74, 6) is -5.21. The Morgan fingerprint density at radius 2 is 1.87 bits per heavy atom. The zero-order chi connectivity index (χ0) is 17.1. The maximum absolute atomic E-state index is 13.2. The summed E-state index contributed by atoms with van der Waals surface area (Å²) in [6, 6.07) is 2.66. The van der Waals surface area contributed by atoms with Crippen LogP contribution in [0.4, 0.5) is 13.2 Å². The van der Waals surface area contributed by atoms with Gasteiger partial charge in [-0.15, -0.1) is 0 Å². The van der Waals surface area contributed by atoms with E-state index in [1.165, 1.54) is 23.9 Å². The highest BCUT2D eigenvalue weighted by Crippen LogP contribution is 2.19. The van der Waals surface area contributed by atoms with E-state index in [-0.39, 0.29) is 11.1 Å². The van der Waals surface area contributed by atoms with Gasteiger partial charge >= 0.3 is 0 Å². The second-order valence-electron chi connectivity index (χ2n) is 4.87. The number of rotatable bonds is 4. The number of aryl methyl sites for hydroxylation is 1. The topological polar surface area (TPSA) is 71.3 Å². The number of amides is 1. The molecular formula is C15H13F3N2O3. The van der Waals surface area contributed by atoms with Crippen molar-refractivity contribution >= 4 is 5.91 Å². The van der Waals surface area contributed by atoms with Crippen LogP contribution >= 0.6 is 0 Å². The van der Waals surface area contributed by atoms with Crippen LogP contribution in [0.15, 0.2) is 35.3 Å². The SMILES string of the molecule is Cn1ccc(C(=O)NC(CO)c2cc(F)c(F)c(F)c2)cc1=O. The van der Waals surface area contributed by atoms with Crippen LogP contribution in [0.25, 0.3) is 0 Å². The standard InChI is InChI=1S/C15H13F3N2O3/c1-20-3-2-8(6-13(20)22)15(23)19-12(7-21)9-4-10(16)14(18)11(17)5-9/h2-6,12,21H,7H2,1H3,(H,19,23). The number of hydrogen-bond acceptors (Lipinski definition) is 3. The Kier molecular flexibility index (Phi) is 4.85. The molecule has 1 aromatic heterocycles. The average molecular weight is 326 g/mol. The Morgan fingerprint density at radius 3 is 2.39 bits per heavy atom. The summed E-state index contributed by atoms with van der Waals surface area (Å²) in [6.07, 6.45) is 1.38. The summed E-state index contributed by atoms with van der Waals surface area (Å²) in [6.45, 7) is -0.666. The van der Waals surface area contributed by atoms with E-state index in [4.69, 9.17) is 0 Å². The Balaban J connectivity index is 2.27. The zero-order valence-electron chi connectivity index (χ0n) is 12.0. The molecule has 1 atom stereocenters. The second-order valence-corrected chi connectivity index (χ2v) is 4.87. The van der Waals surface area contributed by atoms with Crippen molar-refractivity contribution in [1.82, 2.24) is 9.88 Å². The molecule has 0 radical (unpaired) electrons. The lowest BCUT2D eigenvalue weighted by molar-refractivity contribution is 0.0915. The lowest BCUT2D eigenvalue weighted by Gasteiger charge is -2.17. The van der Waals surface area contributed by atoms with E-state index in [0.717, 1.165) is 6.07 Å². The molecule has 0 bridgehead atoms. The molecule has 0 aliphatic carbocycles. The van der Waals surface area contributed by atoms with Crippen LogP contribution in [0.1, 0.15) is 22.0 Å². The van der Waals surface area contributed by atoms with E-state index in [1.807, 2.05) is 0 Å². The van der Waals surface area contributed by atoms with Crippen LogP contribution in [-0.2, 0) is 7.05 Å². The van der Waals surface area contributed by atoms with Gasteiger partial charge < -0.3 is 15.0 Å². The molecule has 8 heteroatoms. The number of benzene rings is 1. The lowest BCUT2D eigenvalue weighted by atomic mass is 10.1. The third-order valence-corrected chi connectivity index (χ3v) is 3.26. The Labute approximate surface area is 129 Å². The molecular weight excluding hydrogens is 313 g/mol. The number of carbonyl (C=O) groups excluding carboxylic acids is 1. The van der Waals surface area contributed by atoms with Crippen LogP contribution in [0.3, 0.4) is 0 Å². The Morgan fingerprint density at radius 1 is 1.26 bits per heavy atom. The molecule has 2 rings (SSSR count). The predicted octanol–water partition coefficient (Wildman–Crippen LogP) is 1.27. The van der Waals surface area contributed by atoms with Gasteiger partial charge in [0.1, 0.15) is 0 Å². The summed E-state index contributed by atoms with van der Waals surface area (Å²) in [4.78, 5) is 23.5. The first-order chi connectivity index (χ1) is 10.8. The van der Waals surface area contributed by atoms with E-state index in [2.05, 4.69) is 5.32 Å². The van der Waals surface area contributed by atoms with Gasteiger partial charge in [0.25, 0.3) is 11.5 Å². The van der Waals surface area contributed by atoms with Gasteiger partial charge in [-0.1, -0.05) is 0 Å². The third kappa shape index (κ3) is 3.59. The van der Waals surface area contributed by atoms with Gasteiger partial charge in [0, 0.05) is 24.9 Å². The predicted molar refractivity (Wildman–Crippen MR) is 75.3 cm³/mol. The first kappa shape index (κ1) is 16.8. The van der Waals surface area contributed by atoms with Crippen molar-refractivity contribution < 1.29 is 23.1 Å². The van der Waals surface area contributed by atoms with Crippen molar-refractivity contribution in [3.8, 4) is 0 Å². The number of hydrogen-bond donors (Lipinski definition) is 2. The summed E-state index contributed by atoms with van der Waals surface area (Å²) in [7, 11) is 1.50. The van der Waals surface area contributed by atoms with Gasteiger partial charge in [0.15, 0.2) is 17.5 Å². The fraction of sp³-hybridized carbons (Fsp3) is 0.200. The number of halogens is 3. The molecule has 1 heterocycles. The number of aliphatic hydroxyl groups is 1. The molecule has 0 aliphatic rings. The quantitative estimate of drug-likeness (QED) is 0.831. The fourth-order valence-corrected chi connectivity index (χ4v) is 1.94. The van der Waals surface area contributed by atoms with Crippen molar-refractivity contribution in [3.05, 3.63) is 69.4 Å². The van der Waals surface area contributed by atoms with Crippen LogP contribution < -0.4 is 10.9 Å². The number of pyridine rings is 1. The first-order valence-corrected chi connectivity index (χ1v) is 6.56. The first-order valence-electron chi connectivity index (χ1n) is 6.56. The zero-order valence-corrected chi connectivity index (χ0v) is 12.0. The van der Waals surface area contributed by atoms with E-state index in [9.17, 15) is 27.9 Å². The van der Waals surface area contributed by atoms with Gasteiger partial charge in [-0.3, -0.25) is 9.59 Å². The normalized spacial score (nSPS) is 12.0. The van der Waals surface area contributed by atoms with Crippen molar-refractivity contribution in [2.45, 2.75) is 6.04 Å². The summed E-state index contributed by atoms with van der Waals surface area (Å²) < 4.78 is 40.7. The van der Waals surface area contributed by atoms with Crippen molar-refractivity contribution in [1.29, 1.82) is 0 Å². The van der Waals surface area contributed by atoms with Gasteiger partial charge in [0.2, 0.25) is 0 Å². The molecule has 2 N–H and O–H groups in total. The monoisotopic (exact) mass is 326 g/mol. The molecule has 1 unspecified atom stereocenters. The molecule has 0 aliphatic heterocycles. The average Bonchev–Trinajstić information content (AvgIpc) is 2.52. The van der Waals surface area contributed by atoms with E-state index in [0.29, 0.717) is 12.1 Å². The van der Waals surface area contributed by atoms with Crippen LogP contribution in [0, 0.1) is 17.5 Å². The number of nitrogens with one attached hydrogen (secondary N) is 1. The number of aliphatic hydroxyl groups excluding tert-OH is 1. The highest BCUT2D eigenvalue weighted by molar-refractivity contribution is 5.94. The molecule has 23 heavy (non-hydrogen) atoms.